The molecule has 0 heterocycles. The number of hydrogen-bond donors (Lipinski definition) is 0. The minimum atomic E-state index is -0.146. The molecule has 3 atom stereocenters. The van der Waals surface area contributed by atoms with Crippen LogP contribution in [0.5, 0.6) is 0 Å². The quantitative estimate of drug-likeness (QED) is 0.493. The second-order valence-electron chi connectivity index (χ2n) is 3.68. The van der Waals surface area contributed by atoms with E-state index in [1.165, 1.54) is 6.42 Å². The normalized spacial score (nSPS) is 52.4. The van der Waals surface area contributed by atoms with Crippen molar-refractivity contribution in [3.63, 3.8) is 0 Å². The molecule has 0 aromatic heterocycles. The highest BCUT2D eigenvalue weighted by Gasteiger charge is 2.59. The fraction of sp³-hybridized carbons (Fsp3) is 0.875. The van der Waals surface area contributed by atoms with E-state index in [9.17, 15) is 4.79 Å². The van der Waals surface area contributed by atoms with Gasteiger partial charge in [-0.15, -0.1) is 11.6 Å². The second kappa shape index (κ2) is 1.76. The number of carbonyl (C=O) groups is 1. The standard InChI is InChI=1S/C8H11ClO/c1-8-4-2-3-5(8)6(9)7(8)10/h5-6H,2-4H2,1H3. The third-order valence-corrected chi connectivity index (χ3v) is 3.70. The predicted molar refractivity (Wildman–Crippen MR) is 40.1 cm³/mol. The Morgan fingerprint density at radius 2 is 2.40 bits per heavy atom. The number of Topliss-reactive ketones (excluding diaryl/α,β-unsaturated/α-hetero) is 1. The van der Waals surface area contributed by atoms with E-state index in [1.807, 2.05) is 0 Å². The Labute approximate surface area is 65.7 Å². The molecule has 0 N–H and O–H groups in total. The summed E-state index contributed by atoms with van der Waals surface area (Å²) in [5, 5.41) is -0.146. The number of carbonyl (C=O) groups excluding carboxylic acids is 1. The van der Waals surface area contributed by atoms with Gasteiger partial charge in [-0.1, -0.05) is 13.3 Å². The van der Waals surface area contributed by atoms with Crippen molar-refractivity contribution >= 4 is 17.4 Å². The zero-order valence-corrected chi connectivity index (χ0v) is 6.82. The lowest BCUT2D eigenvalue weighted by Crippen LogP contribution is -2.54. The molecular formula is C8H11ClO. The molecule has 2 fully saturated rings. The van der Waals surface area contributed by atoms with Crippen molar-refractivity contribution in [1.82, 2.24) is 0 Å². The predicted octanol–water partition coefficient (Wildman–Crippen LogP) is 1.98. The summed E-state index contributed by atoms with van der Waals surface area (Å²) in [5.74, 6) is 0.790. The number of fused-ring (bicyclic) bond motifs is 1. The van der Waals surface area contributed by atoms with Gasteiger partial charge in [0.15, 0.2) is 5.78 Å². The highest BCUT2D eigenvalue weighted by Crippen LogP contribution is 2.56. The van der Waals surface area contributed by atoms with Crippen molar-refractivity contribution in [1.29, 1.82) is 0 Å². The van der Waals surface area contributed by atoms with Crippen molar-refractivity contribution in [3.05, 3.63) is 0 Å². The molecule has 2 aliphatic rings. The number of ketones is 1. The summed E-state index contributed by atoms with van der Waals surface area (Å²) in [6, 6.07) is 0. The minimum Gasteiger partial charge on any atom is -0.297 e. The van der Waals surface area contributed by atoms with Gasteiger partial charge in [0.05, 0.1) is 5.38 Å². The van der Waals surface area contributed by atoms with Crippen LogP contribution in [0.4, 0.5) is 0 Å². The topological polar surface area (TPSA) is 17.1 Å². The van der Waals surface area contributed by atoms with Gasteiger partial charge >= 0.3 is 0 Å². The van der Waals surface area contributed by atoms with Gasteiger partial charge in [0, 0.05) is 5.41 Å². The van der Waals surface area contributed by atoms with Gasteiger partial charge < -0.3 is 0 Å². The van der Waals surface area contributed by atoms with Crippen molar-refractivity contribution in [2.24, 2.45) is 11.3 Å². The molecule has 2 saturated carbocycles. The maximum Gasteiger partial charge on any atom is 0.157 e. The summed E-state index contributed by atoms with van der Waals surface area (Å²) < 4.78 is 0. The fourth-order valence-corrected chi connectivity index (χ4v) is 3.02. The Balaban J connectivity index is 2.27. The lowest BCUT2D eigenvalue weighted by molar-refractivity contribution is -0.140. The van der Waals surface area contributed by atoms with Gasteiger partial charge in [0.2, 0.25) is 0 Å². The molecule has 0 amide bonds. The lowest BCUT2D eigenvalue weighted by Gasteiger charge is -2.44. The molecule has 2 rings (SSSR count). The van der Waals surface area contributed by atoms with Crippen molar-refractivity contribution < 1.29 is 4.79 Å². The summed E-state index contributed by atoms with van der Waals surface area (Å²) in [5.41, 5.74) is -0.00752. The van der Waals surface area contributed by atoms with Crippen LogP contribution in [0.3, 0.4) is 0 Å². The van der Waals surface area contributed by atoms with Gasteiger partial charge in [-0.3, -0.25) is 4.79 Å². The molecule has 0 bridgehead atoms. The van der Waals surface area contributed by atoms with Gasteiger partial charge in [0.25, 0.3) is 0 Å². The van der Waals surface area contributed by atoms with E-state index in [2.05, 4.69) is 6.92 Å². The first-order valence-electron chi connectivity index (χ1n) is 3.84. The zero-order chi connectivity index (χ0) is 7.35. The fourth-order valence-electron chi connectivity index (χ4n) is 2.37. The van der Waals surface area contributed by atoms with E-state index in [4.69, 9.17) is 11.6 Å². The smallest absolute Gasteiger partial charge is 0.157 e. The number of hydrogen-bond acceptors (Lipinski definition) is 1. The number of rotatable bonds is 0. The zero-order valence-electron chi connectivity index (χ0n) is 6.06. The van der Waals surface area contributed by atoms with Crippen molar-refractivity contribution in [2.45, 2.75) is 31.6 Å². The summed E-state index contributed by atoms with van der Waals surface area (Å²) in [6.45, 7) is 2.06. The van der Waals surface area contributed by atoms with Gasteiger partial charge in [-0.05, 0) is 18.8 Å². The Kier molecular flexibility index (Phi) is 1.17. The Bertz CT molecular complexity index is 190. The van der Waals surface area contributed by atoms with Crippen LogP contribution in [0.2, 0.25) is 0 Å². The van der Waals surface area contributed by atoms with E-state index >= 15 is 0 Å². The highest BCUT2D eigenvalue weighted by atomic mass is 35.5. The maximum atomic E-state index is 11.2. The third-order valence-electron chi connectivity index (χ3n) is 3.20. The van der Waals surface area contributed by atoms with Crippen LogP contribution in [-0.2, 0) is 4.79 Å². The van der Waals surface area contributed by atoms with E-state index in [0.29, 0.717) is 5.92 Å². The van der Waals surface area contributed by atoms with Crippen LogP contribution < -0.4 is 0 Å². The maximum absolute atomic E-state index is 11.2. The van der Waals surface area contributed by atoms with Crippen LogP contribution in [0.15, 0.2) is 0 Å². The Morgan fingerprint density at radius 3 is 3.00 bits per heavy atom. The molecule has 0 spiro atoms. The Hall–Kier alpha value is -0.0400. The van der Waals surface area contributed by atoms with E-state index in [-0.39, 0.29) is 16.6 Å². The van der Waals surface area contributed by atoms with Crippen LogP contribution in [0.25, 0.3) is 0 Å². The number of halogens is 1. The first-order chi connectivity index (χ1) is 4.66. The van der Waals surface area contributed by atoms with Crippen molar-refractivity contribution in [3.8, 4) is 0 Å². The van der Waals surface area contributed by atoms with Crippen LogP contribution in [0.1, 0.15) is 26.2 Å². The Morgan fingerprint density at radius 1 is 1.70 bits per heavy atom. The summed E-state index contributed by atoms with van der Waals surface area (Å²) in [7, 11) is 0. The van der Waals surface area contributed by atoms with E-state index < -0.39 is 0 Å². The van der Waals surface area contributed by atoms with E-state index in [0.717, 1.165) is 12.8 Å². The lowest BCUT2D eigenvalue weighted by atomic mass is 9.62. The molecular weight excluding hydrogens is 148 g/mol. The molecule has 56 valence electrons. The minimum absolute atomic E-state index is 0.00752. The molecule has 3 unspecified atom stereocenters. The summed E-state index contributed by atoms with van der Waals surface area (Å²) >= 11 is 5.84. The molecule has 0 aromatic rings. The molecule has 0 radical (unpaired) electrons. The molecule has 2 aliphatic carbocycles. The summed E-state index contributed by atoms with van der Waals surface area (Å²) in [6.07, 6.45) is 3.42. The largest absolute Gasteiger partial charge is 0.297 e. The first kappa shape index (κ1) is 6.66. The third kappa shape index (κ3) is 0.531. The number of alkyl halides is 1. The molecule has 2 heteroatoms. The van der Waals surface area contributed by atoms with Crippen LogP contribution >= 0.6 is 11.6 Å². The molecule has 0 saturated heterocycles. The average Bonchev–Trinajstić information content (AvgIpc) is 2.28. The molecule has 10 heavy (non-hydrogen) atoms. The first-order valence-corrected chi connectivity index (χ1v) is 4.28. The SMILES string of the molecule is CC12CCCC1C(Cl)C2=O. The molecule has 1 nitrogen and oxygen atoms in total. The monoisotopic (exact) mass is 158 g/mol. The van der Waals surface area contributed by atoms with Gasteiger partial charge in [-0.2, -0.15) is 0 Å². The highest BCUT2D eigenvalue weighted by molar-refractivity contribution is 6.35. The second-order valence-corrected chi connectivity index (χ2v) is 4.15. The van der Waals surface area contributed by atoms with Crippen molar-refractivity contribution in [2.75, 3.05) is 0 Å². The van der Waals surface area contributed by atoms with Gasteiger partial charge in [0.1, 0.15) is 0 Å². The van der Waals surface area contributed by atoms with Crippen LogP contribution in [0, 0.1) is 11.3 Å². The summed E-state index contributed by atoms with van der Waals surface area (Å²) in [4.78, 5) is 11.2. The average molecular weight is 159 g/mol. The van der Waals surface area contributed by atoms with E-state index in [1.54, 1.807) is 0 Å². The van der Waals surface area contributed by atoms with Gasteiger partial charge in [-0.25, -0.2) is 0 Å². The molecule has 0 aliphatic heterocycles. The van der Waals surface area contributed by atoms with Crippen LogP contribution in [-0.4, -0.2) is 11.2 Å². The molecule has 0 aromatic carbocycles.